The Labute approximate surface area is 338 Å². The second-order valence-electron chi connectivity index (χ2n) is 15.7. The Bertz CT molecular complexity index is 2590. The van der Waals surface area contributed by atoms with Gasteiger partial charge in [-0.25, -0.2) is 4.90 Å². The number of hydrogen-bond donors (Lipinski definition) is 1. The number of carbonyl (C=O) groups is 4. The van der Waals surface area contributed by atoms with Crippen LogP contribution in [0.15, 0.2) is 72.3 Å². The van der Waals surface area contributed by atoms with Crippen molar-refractivity contribution >= 4 is 68.2 Å². The van der Waals surface area contributed by atoms with Gasteiger partial charge in [0.25, 0.3) is 0 Å². The molecule has 6 unspecified atom stereocenters. The number of allylic oxidation sites excluding steroid dienone is 2. The van der Waals surface area contributed by atoms with Gasteiger partial charge >= 0.3 is 0 Å². The summed E-state index contributed by atoms with van der Waals surface area (Å²) in [6, 6.07) is 18.0. The fourth-order valence-electron chi connectivity index (χ4n) is 10.1. The number of imide groups is 2. The number of carbonyl (C=O) groups excluding carboxylic acids is 4. The molecule has 11 nitrogen and oxygen atoms in total. The van der Waals surface area contributed by atoms with Crippen LogP contribution < -0.4 is 19.3 Å². The van der Waals surface area contributed by atoms with Crippen molar-refractivity contribution in [1.29, 1.82) is 0 Å². The highest BCUT2D eigenvalue weighted by molar-refractivity contribution is 7.22. The first-order chi connectivity index (χ1) is 27.3. The number of aromatic nitrogens is 2. The van der Waals surface area contributed by atoms with E-state index in [0.717, 1.165) is 38.1 Å². The van der Waals surface area contributed by atoms with E-state index in [1.807, 2.05) is 50.3 Å². The number of halogens is 1. The van der Waals surface area contributed by atoms with Crippen molar-refractivity contribution in [3.63, 3.8) is 0 Å². The molecule has 0 spiro atoms. The molecule has 2 saturated heterocycles. The van der Waals surface area contributed by atoms with Gasteiger partial charge in [0.2, 0.25) is 23.6 Å². The standard InChI is InChI=1S/C44H41ClN4O7S/c1-7-22-8-11-24(12-9-22)48-40(51)27-14-13-26-29(36(27)42(48)53)19-30-41(52)49(43(54)44(30,3)38(26)37-32(50)17-25(55-5)18-33(37)56-6)35-20-31(46-47(35)4)39-21(2)28-16-23(45)10-15-34(28)57-39/h8-13,15-18,20,27,29-30,36,38,50H,7,14,19H2,1-6H3. The minimum absolute atomic E-state index is 0.156. The summed E-state index contributed by atoms with van der Waals surface area (Å²) in [7, 11) is 4.65. The van der Waals surface area contributed by atoms with Crippen LogP contribution >= 0.6 is 22.9 Å². The highest BCUT2D eigenvalue weighted by Gasteiger charge is 2.68. The number of aromatic hydroxyl groups is 1. The number of ether oxygens (including phenoxy) is 2. The third-order valence-corrected chi connectivity index (χ3v) is 14.5. The Morgan fingerprint density at radius 2 is 1.70 bits per heavy atom. The molecule has 57 heavy (non-hydrogen) atoms. The molecule has 3 fully saturated rings. The fraction of sp³-hybridized carbons (Fsp3) is 0.341. The van der Waals surface area contributed by atoms with Crippen molar-refractivity contribution < 1.29 is 33.8 Å². The van der Waals surface area contributed by atoms with E-state index in [0.29, 0.717) is 33.5 Å². The van der Waals surface area contributed by atoms with Crippen molar-refractivity contribution in [2.24, 2.45) is 36.1 Å². The number of thiophene rings is 1. The number of benzene rings is 3. The maximum atomic E-state index is 15.3. The molecule has 2 aliphatic heterocycles. The molecule has 5 aromatic rings. The van der Waals surface area contributed by atoms with Gasteiger partial charge in [0.1, 0.15) is 28.8 Å². The summed E-state index contributed by atoms with van der Waals surface area (Å²) in [6.45, 7) is 5.81. The second-order valence-corrected chi connectivity index (χ2v) is 17.2. The molecule has 3 aromatic carbocycles. The minimum atomic E-state index is -1.43. The van der Waals surface area contributed by atoms with E-state index in [1.165, 1.54) is 30.1 Å². The monoisotopic (exact) mass is 804 g/mol. The van der Waals surface area contributed by atoms with Crippen molar-refractivity contribution in [3.8, 4) is 27.8 Å². The predicted octanol–water partition coefficient (Wildman–Crippen LogP) is 7.98. The van der Waals surface area contributed by atoms with Gasteiger partial charge in [0.05, 0.1) is 48.0 Å². The number of phenols is 1. The summed E-state index contributed by atoms with van der Waals surface area (Å²) in [4.78, 5) is 62.4. The van der Waals surface area contributed by atoms with Crippen molar-refractivity contribution in [3.05, 3.63) is 94.0 Å². The normalized spacial score (nSPS) is 25.5. The highest BCUT2D eigenvalue weighted by Crippen LogP contribution is 2.66. The number of phenolic OH excluding ortho intramolecular Hbond substituents is 1. The zero-order valence-corrected chi connectivity index (χ0v) is 33.9. The Morgan fingerprint density at radius 3 is 2.40 bits per heavy atom. The largest absolute Gasteiger partial charge is 0.507 e. The molecule has 2 aliphatic carbocycles. The first-order valence-corrected chi connectivity index (χ1v) is 20.2. The molecule has 4 amide bonds. The van der Waals surface area contributed by atoms with Gasteiger partial charge in [-0.3, -0.25) is 28.8 Å². The molecule has 0 radical (unpaired) electrons. The third kappa shape index (κ3) is 5.25. The molecular formula is C44H41ClN4O7S. The highest BCUT2D eigenvalue weighted by atomic mass is 35.5. The fourth-order valence-corrected chi connectivity index (χ4v) is 11.4. The number of fused-ring (bicyclic) bond motifs is 5. The molecule has 1 N–H and O–H groups in total. The summed E-state index contributed by atoms with van der Waals surface area (Å²) in [5.41, 5.74) is 2.80. The first kappa shape index (κ1) is 37.1. The zero-order valence-electron chi connectivity index (χ0n) is 32.3. The lowest BCUT2D eigenvalue weighted by atomic mass is 9.51. The molecule has 2 aromatic heterocycles. The number of hydrogen-bond acceptors (Lipinski definition) is 9. The molecule has 13 heteroatoms. The van der Waals surface area contributed by atoms with E-state index in [9.17, 15) is 14.7 Å². The van der Waals surface area contributed by atoms with E-state index in [1.54, 1.807) is 54.3 Å². The lowest BCUT2D eigenvalue weighted by Gasteiger charge is -2.49. The number of aryl methyl sites for hydroxylation is 3. The first-order valence-electron chi connectivity index (χ1n) is 19.0. The Hall–Kier alpha value is -5.46. The van der Waals surface area contributed by atoms with E-state index in [-0.39, 0.29) is 36.2 Å². The molecular weight excluding hydrogens is 764 g/mol. The Kier molecular flexibility index (Phi) is 8.67. The van der Waals surface area contributed by atoms with Crippen LogP contribution in [0.3, 0.4) is 0 Å². The van der Waals surface area contributed by atoms with Crippen LogP contribution in [0.1, 0.15) is 49.3 Å². The average Bonchev–Trinajstić information content (AvgIpc) is 3.88. The quantitative estimate of drug-likeness (QED) is 0.130. The van der Waals surface area contributed by atoms with Gasteiger partial charge in [0.15, 0.2) is 0 Å². The van der Waals surface area contributed by atoms with Crippen LogP contribution in [0, 0.1) is 36.0 Å². The van der Waals surface area contributed by atoms with E-state index in [4.69, 9.17) is 26.2 Å². The zero-order chi connectivity index (χ0) is 40.2. The Balaban J connectivity index is 1.18. The number of rotatable bonds is 7. The van der Waals surface area contributed by atoms with Crippen molar-refractivity contribution in [2.45, 2.75) is 46.0 Å². The topological polar surface area (TPSA) is 131 Å². The van der Waals surface area contributed by atoms with Gasteiger partial charge in [-0.2, -0.15) is 5.10 Å². The molecule has 1 saturated carbocycles. The van der Waals surface area contributed by atoms with Crippen LogP contribution in [-0.4, -0.2) is 52.7 Å². The van der Waals surface area contributed by atoms with E-state index >= 15 is 9.59 Å². The molecule has 292 valence electrons. The lowest BCUT2D eigenvalue weighted by Crippen LogP contribution is -2.49. The summed E-state index contributed by atoms with van der Waals surface area (Å²) in [5.74, 6) is -4.57. The summed E-state index contributed by atoms with van der Waals surface area (Å²) < 4.78 is 13.9. The number of nitrogens with zero attached hydrogens (tertiary/aromatic N) is 4. The molecule has 9 rings (SSSR count). The van der Waals surface area contributed by atoms with Gasteiger partial charge in [-0.05, 0) is 85.9 Å². The van der Waals surface area contributed by atoms with E-state index < -0.39 is 46.8 Å². The van der Waals surface area contributed by atoms with Crippen molar-refractivity contribution in [1.82, 2.24) is 9.78 Å². The van der Waals surface area contributed by atoms with Crippen LogP contribution in [0.25, 0.3) is 20.7 Å². The third-order valence-electron chi connectivity index (χ3n) is 12.9. The molecule has 6 atom stereocenters. The maximum absolute atomic E-state index is 15.3. The molecule has 4 heterocycles. The van der Waals surface area contributed by atoms with Crippen LogP contribution in [0.4, 0.5) is 11.5 Å². The molecule has 0 bridgehead atoms. The van der Waals surface area contributed by atoms with Gasteiger partial charge in [-0.1, -0.05) is 42.3 Å². The van der Waals surface area contributed by atoms with Gasteiger partial charge in [0, 0.05) is 46.5 Å². The number of anilines is 2. The predicted molar refractivity (Wildman–Crippen MR) is 218 cm³/mol. The van der Waals surface area contributed by atoms with Crippen LogP contribution in [-0.2, 0) is 32.6 Å². The summed E-state index contributed by atoms with van der Waals surface area (Å²) in [5, 5.41) is 18.2. The van der Waals surface area contributed by atoms with E-state index in [2.05, 4.69) is 0 Å². The number of methoxy groups -OCH3 is 2. The number of amides is 4. The second kappa shape index (κ2) is 13.3. The average molecular weight is 805 g/mol. The smallest absolute Gasteiger partial charge is 0.242 e. The van der Waals surface area contributed by atoms with Crippen molar-refractivity contribution in [2.75, 3.05) is 24.0 Å². The van der Waals surface area contributed by atoms with Crippen LogP contribution in [0.2, 0.25) is 5.02 Å². The summed E-state index contributed by atoms with van der Waals surface area (Å²) >= 11 is 7.89. The van der Waals surface area contributed by atoms with Crippen LogP contribution in [0.5, 0.6) is 17.2 Å². The Morgan fingerprint density at radius 1 is 0.947 bits per heavy atom. The maximum Gasteiger partial charge on any atom is 0.242 e. The SMILES string of the molecule is CCc1ccc(N2C(=O)C3CC=C4C(CC5C(=O)N(c6cc(-c7sc8ccc(Cl)cc8c7C)nn6C)C(=O)C5(C)C4c4c(O)cc(OC)cc4OC)C3C2=O)cc1. The summed E-state index contributed by atoms with van der Waals surface area (Å²) in [6.07, 6.45) is 3.19. The minimum Gasteiger partial charge on any atom is -0.507 e. The molecule has 4 aliphatic rings. The lowest BCUT2D eigenvalue weighted by molar-refractivity contribution is -0.131. The van der Waals surface area contributed by atoms with Gasteiger partial charge in [-0.15, -0.1) is 11.3 Å². The van der Waals surface area contributed by atoms with Gasteiger partial charge < -0.3 is 14.6 Å².